The molecule has 1 saturated heterocycles. The van der Waals surface area contributed by atoms with Crippen molar-refractivity contribution in [1.82, 2.24) is 15.8 Å². The SMILES string of the molecule is CCOc1ccc(NC(=S)NN2CC(=O)NC2=O)cc1. The summed E-state index contributed by atoms with van der Waals surface area (Å²) < 4.78 is 5.32. The van der Waals surface area contributed by atoms with Gasteiger partial charge in [-0.3, -0.25) is 15.5 Å². The molecule has 3 amide bonds. The van der Waals surface area contributed by atoms with E-state index in [2.05, 4.69) is 16.1 Å². The Morgan fingerprint density at radius 1 is 1.40 bits per heavy atom. The van der Waals surface area contributed by atoms with E-state index in [1.165, 1.54) is 0 Å². The van der Waals surface area contributed by atoms with Crippen molar-refractivity contribution < 1.29 is 14.3 Å². The third-order valence-corrected chi connectivity index (χ3v) is 2.65. The molecule has 0 aromatic heterocycles. The van der Waals surface area contributed by atoms with Crippen LogP contribution >= 0.6 is 12.2 Å². The van der Waals surface area contributed by atoms with Gasteiger partial charge in [-0.15, -0.1) is 0 Å². The summed E-state index contributed by atoms with van der Waals surface area (Å²) in [5.74, 6) is 0.396. The topological polar surface area (TPSA) is 82.7 Å². The molecule has 0 aliphatic carbocycles. The Balaban J connectivity index is 1.88. The number of anilines is 1. The second kappa shape index (κ2) is 6.20. The van der Waals surface area contributed by atoms with Crippen LogP contribution in [-0.4, -0.2) is 35.2 Å². The average Bonchev–Trinajstić information content (AvgIpc) is 2.70. The summed E-state index contributed by atoms with van der Waals surface area (Å²) in [4.78, 5) is 22.3. The van der Waals surface area contributed by atoms with Crippen molar-refractivity contribution in [2.24, 2.45) is 0 Å². The Morgan fingerprint density at radius 2 is 2.10 bits per heavy atom. The monoisotopic (exact) mass is 294 g/mol. The van der Waals surface area contributed by atoms with Crippen LogP contribution in [0.1, 0.15) is 6.92 Å². The van der Waals surface area contributed by atoms with E-state index in [0.29, 0.717) is 6.61 Å². The molecular formula is C12H14N4O3S. The van der Waals surface area contributed by atoms with Gasteiger partial charge in [0, 0.05) is 5.69 Å². The Labute approximate surface area is 121 Å². The molecule has 0 saturated carbocycles. The fourth-order valence-electron chi connectivity index (χ4n) is 1.61. The summed E-state index contributed by atoms with van der Waals surface area (Å²) >= 11 is 5.06. The molecule has 1 fully saturated rings. The van der Waals surface area contributed by atoms with Crippen molar-refractivity contribution in [3.8, 4) is 5.75 Å². The fourth-order valence-corrected chi connectivity index (χ4v) is 1.84. The highest BCUT2D eigenvalue weighted by atomic mass is 32.1. The minimum atomic E-state index is -0.522. The van der Waals surface area contributed by atoms with E-state index in [0.717, 1.165) is 16.4 Å². The molecular weight excluding hydrogens is 280 g/mol. The highest BCUT2D eigenvalue weighted by molar-refractivity contribution is 7.80. The predicted octanol–water partition coefficient (Wildman–Crippen LogP) is 0.838. The molecule has 8 heteroatoms. The second-order valence-corrected chi connectivity index (χ2v) is 4.37. The minimum absolute atomic E-state index is 0.0655. The van der Waals surface area contributed by atoms with Gasteiger partial charge in [0.15, 0.2) is 5.11 Å². The van der Waals surface area contributed by atoms with E-state index in [9.17, 15) is 9.59 Å². The van der Waals surface area contributed by atoms with E-state index >= 15 is 0 Å². The van der Waals surface area contributed by atoms with Crippen molar-refractivity contribution in [2.45, 2.75) is 6.92 Å². The maximum absolute atomic E-state index is 11.3. The second-order valence-electron chi connectivity index (χ2n) is 3.96. The molecule has 1 aromatic rings. The zero-order valence-electron chi connectivity index (χ0n) is 10.8. The van der Waals surface area contributed by atoms with Crippen LogP contribution in [0.3, 0.4) is 0 Å². The molecule has 1 aliphatic heterocycles. The van der Waals surface area contributed by atoms with Gasteiger partial charge in [-0.2, -0.15) is 0 Å². The van der Waals surface area contributed by atoms with Gasteiger partial charge >= 0.3 is 6.03 Å². The number of urea groups is 1. The number of carbonyl (C=O) groups excluding carboxylic acids is 2. The van der Waals surface area contributed by atoms with E-state index in [-0.39, 0.29) is 17.6 Å². The molecule has 0 unspecified atom stereocenters. The van der Waals surface area contributed by atoms with E-state index in [1.807, 2.05) is 6.92 Å². The molecule has 1 heterocycles. The summed E-state index contributed by atoms with van der Waals surface area (Å²) in [6.07, 6.45) is 0. The molecule has 106 valence electrons. The van der Waals surface area contributed by atoms with Crippen molar-refractivity contribution in [3.05, 3.63) is 24.3 Å². The Bertz CT molecular complexity index is 532. The summed E-state index contributed by atoms with van der Waals surface area (Å²) in [5.41, 5.74) is 3.38. The number of hydrogen-bond acceptors (Lipinski definition) is 4. The first kappa shape index (κ1) is 14.1. The summed E-state index contributed by atoms with van der Waals surface area (Å²) in [6, 6.07) is 6.69. The zero-order valence-corrected chi connectivity index (χ0v) is 11.6. The normalized spacial score (nSPS) is 13.9. The van der Waals surface area contributed by atoms with Crippen LogP contribution in [0, 0.1) is 0 Å². The smallest absolute Gasteiger partial charge is 0.343 e. The van der Waals surface area contributed by atoms with Gasteiger partial charge in [0.1, 0.15) is 12.3 Å². The molecule has 1 aromatic carbocycles. The van der Waals surface area contributed by atoms with Crippen LogP contribution in [0.4, 0.5) is 10.5 Å². The molecule has 20 heavy (non-hydrogen) atoms. The minimum Gasteiger partial charge on any atom is -0.494 e. The van der Waals surface area contributed by atoms with Gasteiger partial charge in [-0.25, -0.2) is 9.80 Å². The molecule has 1 aliphatic rings. The molecule has 0 spiro atoms. The van der Waals surface area contributed by atoms with Crippen LogP contribution in [-0.2, 0) is 4.79 Å². The van der Waals surface area contributed by atoms with Crippen LogP contribution < -0.4 is 20.8 Å². The van der Waals surface area contributed by atoms with E-state index in [1.54, 1.807) is 24.3 Å². The van der Waals surface area contributed by atoms with Crippen LogP contribution in [0.25, 0.3) is 0 Å². The highest BCUT2D eigenvalue weighted by Gasteiger charge is 2.27. The average molecular weight is 294 g/mol. The summed E-state index contributed by atoms with van der Waals surface area (Å²) in [6.45, 7) is 2.45. The number of imide groups is 1. The van der Waals surface area contributed by atoms with E-state index in [4.69, 9.17) is 17.0 Å². The lowest BCUT2D eigenvalue weighted by Gasteiger charge is -2.17. The number of thiocarbonyl (C=S) groups is 1. The first-order valence-corrected chi connectivity index (χ1v) is 6.41. The number of hydrogen-bond donors (Lipinski definition) is 3. The lowest BCUT2D eigenvalue weighted by atomic mass is 10.3. The molecule has 0 bridgehead atoms. The first-order valence-electron chi connectivity index (χ1n) is 6.00. The first-order chi connectivity index (χ1) is 9.58. The quantitative estimate of drug-likeness (QED) is 0.564. The standard InChI is InChI=1S/C12H14N4O3S/c1-2-19-9-5-3-8(4-6-9)13-11(20)15-16-7-10(17)14-12(16)18/h3-6H,2,7H2,1H3,(H2,13,15,20)(H,14,17,18). The Morgan fingerprint density at radius 3 is 2.65 bits per heavy atom. The van der Waals surface area contributed by atoms with Crippen LogP contribution in [0.15, 0.2) is 24.3 Å². The molecule has 2 rings (SSSR count). The number of nitrogens with zero attached hydrogens (tertiary/aromatic N) is 1. The van der Waals surface area contributed by atoms with Crippen LogP contribution in [0.5, 0.6) is 5.75 Å². The zero-order chi connectivity index (χ0) is 14.5. The number of ether oxygens (including phenoxy) is 1. The Hall–Kier alpha value is -2.35. The lowest BCUT2D eigenvalue weighted by Crippen LogP contribution is -2.45. The lowest BCUT2D eigenvalue weighted by molar-refractivity contribution is -0.118. The van der Waals surface area contributed by atoms with Crippen molar-refractivity contribution in [2.75, 3.05) is 18.5 Å². The highest BCUT2D eigenvalue weighted by Crippen LogP contribution is 2.15. The molecule has 7 nitrogen and oxygen atoms in total. The summed E-state index contributed by atoms with van der Waals surface area (Å²) in [5, 5.41) is 6.37. The van der Waals surface area contributed by atoms with Crippen molar-refractivity contribution in [3.63, 3.8) is 0 Å². The molecule has 0 atom stereocenters. The number of carbonyl (C=O) groups is 2. The fraction of sp³-hybridized carbons (Fsp3) is 0.250. The summed E-state index contributed by atoms with van der Waals surface area (Å²) in [7, 11) is 0. The number of benzene rings is 1. The van der Waals surface area contributed by atoms with Crippen molar-refractivity contribution >= 4 is 35.0 Å². The predicted molar refractivity (Wildman–Crippen MR) is 77.2 cm³/mol. The number of nitrogens with one attached hydrogen (secondary N) is 3. The van der Waals surface area contributed by atoms with Gasteiger partial charge in [-0.1, -0.05) is 0 Å². The number of rotatable bonds is 4. The molecule has 3 N–H and O–H groups in total. The van der Waals surface area contributed by atoms with Crippen molar-refractivity contribution in [1.29, 1.82) is 0 Å². The Kier molecular flexibility index (Phi) is 4.36. The maximum Gasteiger partial charge on any atom is 0.343 e. The van der Waals surface area contributed by atoms with Gasteiger partial charge in [0.25, 0.3) is 0 Å². The third kappa shape index (κ3) is 3.58. The van der Waals surface area contributed by atoms with Gasteiger partial charge < -0.3 is 10.1 Å². The van der Waals surface area contributed by atoms with Gasteiger partial charge in [0.2, 0.25) is 5.91 Å². The van der Waals surface area contributed by atoms with Gasteiger partial charge in [0.05, 0.1) is 6.61 Å². The maximum atomic E-state index is 11.3. The number of hydrazine groups is 1. The molecule has 0 radical (unpaired) electrons. The third-order valence-electron chi connectivity index (χ3n) is 2.45. The number of amides is 3. The van der Waals surface area contributed by atoms with E-state index < -0.39 is 6.03 Å². The van der Waals surface area contributed by atoms with Gasteiger partial charge in [-0.05, 0) is 43.4 Å². The largest absolute Gasteiger partial charge is 0.494 e. The van der Waals surface area contributed by atoms with Crippen LogP contribution in [0.2, 0.25) is 0 Å².